The van der Waals surface area contributed by atoms with Crippen molar-refractivity contribution < 1.29 is 4.52 Å². The number of nitrogens with zero attached hydrogens (tertiary/aromatic N) is 3. The standard InChI is InChI=1S/C9H18N4O/c1-5-13(4)9-11-8(14-12-9)7(10)6(2)3/h6-7H,5,10H2,1-4H3. The smallest absolute Gasteiger partial charge is 0.265 e. The molecule has 5 heteroatoms. The van der Waals surface area contributed by atoms with Crippen LogP contribution in [0.1, 0.15) is 32.7 Å². The number of hydrogen-bond donors (Lipinski definition) is 1. The topological polar surface area (TPSA) is 68.2 Å². The molecule has 14 heavy (non-hydrogen) atoms. The van der Waals surface area contributed by atoms with Crippen LogP contribution < -0.4 is 10.6 Å². The van der Waals surface area contributed by atoms with Crippen molar-refractivity contribution in [2.24, 2.45) is 11.7 Å². The van der Waals surface area contributed by atoms with Crippen LogP contribution in [0.2, 0.25) is 0 Å². The first-order valence-corrected chi connectivity index (χ1v) is 4.86. The molecule has 0 aliphatic carbocycles. The van der Waals surface area contributed by atoms with E-state index in [1.807, 2.05) is 32.7 Å². The van der Waals surface area contributed by atoms with Crippen molar-refractivity contribution in [2.75, 3.05) is 18.5 Å². The van der Waals surface area contributed by atoms with Crippen molar-refractivity contribution >= 4 is 5.95 Å². The Labute approximate surface area is 84.3 Å². The molecule has 1 aromatic rings. The van der Waals surface area contributed by atoms with Gasteiger partial charge in [0.25, 0.3) is 5.95 Å². The molecule has 2 N–H and O–H groups in total. The molecule has 0 amide bonds. The minimum Gasteiger partial charge on any atom is -0.342 e. The first kappa shape index (κ1) is 11.0. The molecule has 1 atom stereocenters. The van der Waals surface area contributed by atoms with Gasteiger partial charge in [-0.2, -0.15) is 4.98 Å². The van der Waals surface area contributed by atoms with Gasteiger partial charge < -0.3 is 15.2 Å². The van der Waals surface area contributed by atoms with Crippen LogP contribution in [0, 0.1) is 5.92 Å². The zero-order chi connectivity index (χ0) is 10.7. The Morgan fingerprint density at radius 2 is 2.14 bits per heavy atom. The summed E-state index contributed by atoms with van der Waals surface area (Å²) in [6.45, 7) is 6.92. The van der Waals surface area contributed by atoms with Crippen LogP contribution in [0.4, 0.5) is 5.95 Å². The number of nitrogens with two attached hydrogens (primary N) is 1. The third-order valence-corrected chi connectivity index (χ3v) is 2.25. The second-order valence-corrected chi connectivity index (χ2v) is 3.72. The fourth-order valence-corrected chi connectivity index (χ4v) is 0.944. The Balaban J connectivity index is 2.77. The van der Waals surface area contributed by atoms with Crippen LogP contribution in [-0.2, 0) is 0 Å². The Hall–Kier alpha value is -1.10. The Morgan fingerprint density at radius 3 is 2.64 bits per heavy atom. The van der Waals surface area contributed by atoms with Crippen LogP contribution in [0.3, 0.4) is 0 Å². The van der Waals surface area contributed by atoms with Gasteiger partial charge in [-0.1, -0.05) is 13.8 Å². The average molecular weight is 198 g/mol. The fraction of sp³-hybridized carbons (Fsp3) is 0.778. The van der Waals surface area contributed by atoms with Gasteiger partial charge in [0.15, 0.2) is 0 Å². The molecule has 1 aromatic heterocycles. The predicted octanol–water partition coefficient (Wildman–Crippen LogP) is 1.18. The van der Waals surface area contributed by atoms with E-state index in [4.69, 9.17) is 10.3 Å². The van der Waals surface area contributed by atoms with Gasteiger partial charge in [0.1, 0.15) is 0 Å². The maximum absolute atomic E-state index is 5.88. The van der Waals surface area contributed by atoms with Crippen LogP contribution >= 0.6 is 0 Å². The third-order valence-electron chi connectivity index (χ3n) is 2.25. The fourth-order valence-electron chi connectivity index (χ4n) is 0.944. The molecule has 80 valence electrons. The minimum absolute atomic E-state index is 0.179. The van der Waals surface area contributed by atoms with Gasteiger partial charge >= 0.3 is 0 Å². The highest BCUT2D eigenvalue weighted by Gasteiger charge is 2.18. The first-order chi connectivity index (χ1) is 6.56. The minimum atomic E-state index is -0.179. The van der Waals surface area contributed by atoms with Crippen LogP contribution in [0.15, 0.2) is 4.52 Å². The van der Waals surface area contributed by atoms with Gasteiger partial charge in [-0.05, 0) is 18.0 Å². The monoisotopic (exact) mass is 198 g/mol. The van der Waals surface area contributed by atoms with E-state index >= 15 is 0 Å². The van der Waals surface area contributed by atoms with Crippen LogP contribution in [-0.4, -0.2) is 23.7 Å². The number of hydrogen-bond acceptors (Lipinski definition) is 5. The maximum Gasteiger partial charge on any atom is 0.265 e. The number of anilines is 1. The molecule has 0 bridgehead atoms. The summed E-state index contributed by atoms with van der Waals surface area (Å²) in [4.78, 5) is 6.13. The van der Waals surface area contributed by atoms with E-state index < -0.39 is 0 Å². The third kappa shape index (κ3) is 2.23. The molecule has 0 aliphatic rings. The molecule has 1 heterocycles. The molecule has 0 aliphatic heterocycles. The molecule has 0 aromatic carbocycles. The predicted molar refractivity (Wildman–Crippen MR) is 55.0 cm³/mol. The molecule has 0 radical (unpaired) electrons. The lowest BCUT2D eigenvalue weighted by atomic mass is 10.1. The van der Waals surface area contributed by atoms with E-state index in [2.05, 4.69) is 10.1 Å². The van der Waals surface area contributed by atoms with Crippen LogP contribution in [0.25, 0.3) is 0 Å². The van der Waals surface area contributed by atoms with Crippen molar-refractivity contribution in [3.8, 4) is 0 Å². The van der Waals surface area contributed by atoms with E-state index in [9.17, 15) is 0 Å². The van der Waals surface area contributed by atoms with Crippen molar-refractivity contribution in [2.45, 2.75) is 26.8 Å². The highest BCUT2D eigenvalue weighted by molar-refractivity contribution is 5.25. The lowest BCUT2D eigenvalue weighted by molar-refractivity contribution is 0.324. The van der Waals surface area contributed by atoms with E-state index in [-0.39, 0.29) is 6.04 Å². The van der Waals surface area contributed by atoms with Crippen molar-refractivity contribution in [3.05, 3.63) is 5.89 Å². The van der Waals surface area contributed by atoms with Gasteiger partial charge in [-0.15, -0.1) is 0 Å². The molecule has 0 spiro atoms. The highest BCUT2D eigenvalue weighted by atomic mass is 16.5. The Morgan fingerprint density at radius 1 is 1.50 bits per heavy atom. The van der Waals surface area contributed by atoms with Crippen molar-refractivity contribution in [1.82, 2.24) is 10.1 Å². The summed E-state index contributed by atoms with van der Waals surface area (Å²) in [7, 11) is 1.91. The lowest BCUT2D eigenvalue weighted by Crippen LogP contribution is -2.19. The summed E-state index contributed by atoms with van der Waals surface area (Å²) >= 11 is 0. The summed E-state index contributed by atoms with van der Waals surface area (Å²) in [5.74, 6) is 1.41. The van der Waals surface area contributed by atoms with Gasteiger partial charge in [-0.25, -0.2) is 0 Å². The molecule has 0 saturated carbocycles. The lowest BCUT2D eigenvalue weighted by Gasteiger charge is -2.10. The highest BCUT2D eigenvalue weighted by Crippen LogP contribution is 2.18. The zero-order valence-electron chi connectivity index (χ0n) is 9.19. The van der Waals surface area contributed by atoms with Gasteiger partial charge in [0, 0.05) is 13.6 Å². The summed E-state index contributed by atoms with van der Waals surface area (Å²) in [6.07, 6.45) is 0. The van der Waals surface area contributed by atoms with E-state index in [0.717, 1.165) is 6.54 Å². The summed E-state index contributed by atoms with van der Waals surface area (Å²) in [6, 6.07) is -0.179. The molecule has 1 unspecified atom stereocenters. The normalized spacial score (nSPS) is 13.3. The summed E-state index contributed by atoms with van der Waals surface area (Å²) in [5, 5.41) is 3.85. The number of rotatable bonds is 4. The van der Waals surface area contributed by atoms with E-state index in [1.165, 1.54) is 0 Å². The Kier molecular flexibility index (Phi) is 3.46. The quantitative estimate of drug-likeness (QED) is 0.786. The largest absolute Gasteiger partial charge is 0.342 e. The van der Waals surface area contributed by atoms with Gasteiger partial charge in [0.05, 0.1) is 6.04 Å². The van der Waals surface area contributed by atoms with Gasteiger partial charge in [0.2, 0.25) is 5.89 Å². The zero-order valence-corrected chi connectivity index (χ0v) is 9.19. The second-order valence-electron chi connectivity index (χ2n) is 3.72. The second kappa shape index (κ2) is 4.41. The average Bonchev–Trinajstić information content (AvgIpc) is 2.64. The number of aromatic nitrogens is 2. The summed E-state index contributed by atoms with van der Waals surface area (Å²) in [5.41, 5.74) is 5.88. The van der Waals surface area contributed by atoms with Crippen molar-refractivity contribution in [3.63, 3.8) is 0 Å². The Bertz CT molecular complexity index is 284. The SMILES string of the molecule is CCN(C)c1noc(C(N)C(C)C)n1. The van der Waals surface area contributed by atoms with Crippen LogP contribution in [0.5, 0.6) is 0 Å². The van der Waals surface area contributed by atoms with Crippen molar-refractivity contribution in [1.29, 1.82) is 0 Å². The molecule has 1 rings (SSSR count). The molecule has 0 fully saturated rings. The maximum atomic E-state index is 5.88. The molecule has 5 nitrogen and oxygen atoms in total. The molecular weight excluding hydrogens is 180 g/mol. The molecular formula is C9H18N4O. The first-order valence-electron chi connectivity index (χ1n) is 4.86. The van der Waals surface area contributed by atoms with E-state index in [0.29, 0.717) is 17.8 Å². The summed E-state index contributed by atoms with van der Waals surface area (Å²) < 4.78 is 5.08. The van der Waals surface area contributed by atoms with Gasteiger partial charge in [-0.3, -0.25) is 0 Å². The molecule has 0 saturated heterocycles. The van der Waals surface area contributed by atoms with E-state index in [1.54, 1.807) is 0 Å².